The van der Waals surface area contributed by atoms with E-state index in [9.17, 15) is 0 Å². The number of nitrogen functional groups attached to an aromatic ring is 1. The third-order valence-corrected chi connectivity index (χ3v) is 5.01. The number of nitriles is 1. The van der Waals surface area contributed by atoms with Crippen molar-refractivity contribution in [3.8, 4) is 28.8 Å². The first kappa shape index (κ1) is 18.1. The van der Waals surface area contributed by atoms with Crippen LogP contribution < -0.4 is 10.5 Å². The van der Waals surface area contributed by atoms with E-state index in [1.165, 1.54) is 0 Å². The third-order valence-electron chi connectivity index (χ3n) is 5.01. The first-order chi connectivity index (χ1) is 13.7. The lowest BCUT2D eigenvalue weighted by Gasteiger charge is -2.31. The number of likely N-dealkylation sites (tertiary alicyclic amines) is 1. The molecule has 0 aliphatic carbocycles. The molecule has 6 nitrogen and oxygen atoms in total. The zero-order valence-corrected chi connectivity index (χ0v) is 15.7. The predicted octanol–water partition coefficient (Wildman–Crippen LogP) is 4.09. The highest BCUT2D eigenvalue weighted by Crippen LogP contribution is 2.29. The van der Waals surface area contributed by atoms with Crippen LogP contribution in [0, 0.1) is 11.3 Å². The second-order valence-electron chi connectivity index (χ2n) is 7.03. The van der Waals surface area contributed by atoms with Gasteiger partial charge in [-0.1, -0.05) is 18.2 Å². The maximum absolute atomic E-state index is 8.95. The summed E-state index contributed by atoms with van der Waals surface area (Å²) in [5.41, 5.74) is 8.10. The van der Waals surface area contributed by atoms with Crippen LogP contribution in [0.25, 0.3) is 11.3 Å². The van der Waals surface area contributed by atoms with Gasteiger partial charge >= 0.3 is 0 Å². The molecule has 0 spiro atoms. The highest BCUT2D eigenvalue weighted by molar-refractivity contribution is 5.63. The van der Waals surface area contributed by atoms with Gasteiger partial charge in [-0.2, -0.15) is 10.4 Å². The molecule has 3 aromatic rings. The van der Waals surface area contributed by atoms with Gasteiger partial charge in [-0.15, -0.1) is 0 Å². The molecule has 0 amide bonds. The molecular weight excluding hydrogens is 350 g/mol. The summed E-state index contributed by atoms with van der Waals surface area (Å²) in [6.07, 6.45) is 2.07. The van der Waals surface area contributed by atoms with Crippen molar-refractivity contribution in [3.05, 3.63) is 60.7 Å². The summed E-state index contributed by atoms with van der Waals surface area (Å²) in [5.74, 6) is 2.24. The standard InChI is InChI=1S/C22H23N5O/c23-12-14-26-13-4-5-18(16-26)27-22(24)15-21(25-27)17-8-10-20(11-9-17)28-19-6-2-1-3-7-19/h1-3,6-11,15,18H,4-5,13-14,16,24H2. The average Bonchev–Trinajstić information content (AvgIpc) is 3.11. The van der Waals surface area contributed by atoms with Crippen LogP contribution in [0.4, 0.5) is 5.82 Å². The summed E-state index contributed by atoms with van der Waals surface area (Å²) in [6, 6.07) is 21.9. The molecular formula is C22H23N5O. The van der Waals surface area contributed by atoms with Gasteiger partial charge in [-0.05, 0) is 55.8 Å². The Hall–Kier alpha value is -3.30. The normalized spacial score (nSPS) is 17.2. The zero-order valence-electron chi connectivity index (χ0n) is 15.7. The van der Waals surface area contributed by atoms with Crippen LogP contribution in [0.1, 0.15) is 18.9 Å². The van der Waals surface area contributed by atoms with E-state index >= 15 is 0 Å². The highest BCUT2D eigenvalue weighted by atomic mass is 16.5. The van der Waals surface area contributed by atoms with Crippen molar-refractivity contribution in [1.82, 2.24) is 14.7 Å². The molecule has 1 aliphatic heterocycles. The lowest BCUT2D eigenvalue weighted by Crippen LogP contribution is -2.37. The number of para-hydroxylation sites is 1. The number of ether oxygens (including phenoxy) is 1. The van der Waals surface area contributed by atoms with Crippen LogP contribution in [-0.4, -0.2) is 34.3 Å². The Morgan fingerprint density at radius 3 is 2.61 bits per heavy atom. The monoisotopic (exact) mass is 373 g/mol. The number of anilines is 1. The minimum atomic E-state index is 0.205. The molecule has 4 rings (SSSR count). The van der Waals surface area contributed by atoms with Gasteiger partial charge in [0.2, 0.25) is 0 Å². The van der Waals surface area contributed by atoms with E-state index in [0.29, 0.717) is 12.4 Å². The Labute approximate surface area is 164 Å². The summed E-state index contributed by atoms with van der Waals surface area (Å²) in [5, 5.41) is 13.7. The third kappa shape index (κ3) is 4.00. The molecule has 2 aromatic carbocycles. The minimum Gasteiger partial charge on any atom is -0.457 e. The van der Waals surface area contributed by atoms with Gasteiger partial charge in [0.05, 0.1) is 24.3 Å². The van der Waals surface area contributed by atoms with E-state index in [0.717, 1.165) is 48.7 Å². The molecule has 1 fully saturated rings. The molecule has 28 heavy (non-hydrogen) atoms. The fraction of sp³-hybridized carbons (Fsp3) is 0.273. The second-order valence-corrected chi connectivity index (χ2v) is 7.03. The zero-order chi connectivity index (χ0) is 19.3. The van der Waals surface area contributed by atoms with Crippen molar-refractivity contribution in [3.63, 3.8) is 0 Å². The minimum absolute atomic E-state index is 0.205. The smallest absolute Gasteiger partial charge is 0.127 e. The largest absolute Gasteiger partial charge is 0.457 e. The number of nitrogens with two attached hydrogens (primary N) is 1. The van der Waals surface area contributed by atoms with Gasteiger partial charge in [0, 0.05) is 18.2 Å². The number of hydrogen-bond acceptors (Lipinski definition) is 5. The van der Waals surface area contributed by atoms with E-state index in [1.54, 1.807) is 0 Å². The molecule has 1 atom stereocenters. The number of aromatic nitrogens is 2. The second kappa shape index (κ2) is 8.15. The van der Waals surface area contributed by atoms with Crippen LogP contribution in [-0.2, 0) is 0 Å². The van der Waals surface area contributed by atoms with Crippen LogP contribution in [0.2, 0.25) is 0 Å². The van der Waals surface area contributed by atoms with Gasteiger partial charge in [-0.3, -0.25) is 4.90 Å². The van der Waals surface area contributed by atoms with Gasteiger partial charge in [0.15, 0.2) is 0 Å². The average molecular weight is 373 g/mol. The van der Waals surface area contributed by atoms with Crippen molar-refractivity contribution in [2.45, 2.75) is 18.9 Å². The molecule has 1 unspecified atom stereocenters. The van der Waals surface area contributed by atoms with E-state index in [1.807, 2.05) is 65.3 Å². The molecule has 1 aliphatic rings. The SMILES string of the molecule is N#CCN1CCCC(n2nc(-c3ccc(Oc4ccccc4)cc3)cc2N)C1. The van der Waals surface area contributed by atoms with Gasteiger partial charge in [0.1, 0.15) is 17.3 Å². The maximum Gasteiger partial charge on any atom is 0.127 e. The quantitative estimate of drug-likeness (QED) is 0.682. The molecule has 2 heterocycles. The van der Waals surface area contributed by atoms with E-state index in [2.05, 4.69) is 11.0 Å². The highest BCUT2D eigenvalue weighted by Gasteiger charge is 2.23. The van der Waals surface area contributed by atoms with Crippen molar-refractivity contribution in [1.29, 1.82) is 5.26 Å². The number of nitrogens with zero attached hydrogens (tertiary/aromatic N) is 4. The molecule has 142 valence electrons. The van der Waals surface area contributed by atoms with Gasteiger partial charge < -0.3 is 10.5 Å². The lowest BCUT2D eigenvalue weighted by atomic mass is 10.1. The molecule has 1 aromatic heterocycles. The number of rotatable bonds is 5. The van der Waals surface area contributed by atoms with Gasteiger partial charge in [0.25, 0.3) is 0 Å². The number of benzene rings is 2. The van der Waals surface area contributed by atoms with E-state index < -0.39 is 0 Å². The Kier molecular flexibility index (Phi) is 5.27. The first-order valence-corrected chi connectivity index (χ1v) is 9.50. The number of piperidine rings is 1. The summed E-state index contributed by atoms with van der Waals surface area (Å²) in [7, 11) is 0. The lowest BCUT2D eigenvalue weighted by molar-refractivity contribution is 0.188. The fourth-order valence-corrected chi connectivity index (χ4v) is 3.64. The maximum atomic E-state index is 8.95. The molecule has 0 radical (unpaired) electrons. The van der Waals surface area contributed by atoms with Gasteiger partial charge in [-0.25, -0.2) is 4.68 Å². The first-order valence-electron chi connectivity index (χ1n) is 9.50. The van der Waals surface area contributed by atoms with E-state index in [4.69, 9.17) is 20.8 Å². The van der Waals surface area contributed by atoms with Crippen molar-refractivity contribution in [2.24, 2.45) is 0 Å². The van der Waals surface area contributed by atoms with Crippen molar-refractivity contribution >= 4 is 5.82 Å². The Bertz CT molecular complexity index is 959. The van der Waals surface area contributed by atoms with Crippen LogP contribution >= 0.6 is 0 Å². The number of hydrogen-bond donors (Lipinski definition) is 1. The van der Waals surface area contributed by atoms with Crippen LogP contribution in [0.3, 0.4) is 0 Å². The Morgan fingerprint density at radius 2 is 1.86 bits per heavy atom. The van der Waals surface area contributed by atoms with Crippen LogP contribution in [0.5, 0.6) is 11.5 Å². The Balaban J connectivity index is 1.49. The summed E-state index contributed by atoms with van der Waals surface area (Å²) in [4.78, 5) is 2.16. The summed E-state index contributed by atoms with van der Waals surface area (Å²) < 4.78 is 7.76. The topological polar surface area (TPSA) is 80.1 Å². The van der Waals surface area contributed by atoms with Crippen LogP contribution in [0.15, 0.2) is 60.7 Å². The molecule has 1 saturated heterocycles. The molecule has 0 saturated carbocycles. The van der Waals surface area contributed by atoms with E-state index in [-0.39, 0.29) is 6.04 Å². The Morgan fingerprint density at radius 1 is 1.11 bits per heavy atom. The molecule has 2 N–H and O–H groups in total. The molecule has 0 bridgehead atoms. The summed E-state index contributed by atoms with van der Waals surface area (Å²) >= 11 is 0. The molecule has 6 heteroatoms. The summed E-state index contributed by atoms with van der Waals surface area (Å²) in [6.45, 7) is 2.22. The van der Waals surface area contributed by atoms with Crippen molar-refractivity contribution in [2.75, 3.05) is 25.4 Å². The fourth-order valence-electron chi connectivity index (χ4n) is 3.64. The predicted molar refractivity (Wildman–Crippen MR) is 109 cm³/mol. The van der Waals surface area contributed by atoms with Crippen molar-refractivity contribution < 1.29 is 4.74 Å².